The molecule has 2 aliphatic heterocycles. The third-order valence-electron chi connectivity index (χ3n) is 6.38. The number of phenolic OH excluding ortho intramolecular Hbond substituents is 1. The van der Waals surface area contributed by atoms with Crippen molar-refractivity contribution in [2.75, 3.05) is 46.4 Å². The number of hydrogen-bond acceptors (Lipinski definition) is 7. The summed E-state index contributed by atoms with van der Waals surface area (Å²) in [6.07, 6.45) is 3.79. The first-order chi connectivity index (χ1) is 17.2. The van der Waals surface area contributed by atoms with Crippen LogP contribution in [0.2, 0.25) is 0 Å². The number of aromatic hydroxyl groups is 1. The van der Waals surface area contributed by atoms with Crippen LogP contribution in [0, 0.1) is 0 Å². The molecule has 1 aromatic rings. The molecule has 37 heavy (non-hydrogen) atoms. The Hall–Kier alpha value is -3.05. The summed E-state index contributed by atoms with van der Waals surface area (Å²) in [5.41, 5.74) is 0.188. The zero-order valence-corrected chi connectivity index (χ0v) is 22.3. The Morgan fingerprint density at radius 1 is 1.03 bits per heavy atom. The highest BCUT2D eigenvalue weighted by Crippen LogP contribution is 2.22. The van der Waals surface area contributed by atoms with Crippen molar-refractivity contribution in [1.29, 1.82) is 0 Å². The van der Waals surface area contributed by atoms with Crippen molar-refractivity contribution >= 4 is 36.0 Å². The maximum Gasteiger partial charge on any atom is 0.258 e. The fraction of sp³-hybridized carbons (Fsp3) is 0.600. The van der Waals surface area contributed by atoms with Gasteiger partial charge in [0.05, 0.1) is 6.04 Å². The zero-order valence-electron chi connectivity index (χ0n) is 21.5. The number of ether oxygens (including phenoxy) is 1. The molecule has 0 unspecified atom stereocenters. The van der Waals surface area contributed by atoms with E-state index in [1.54, 1.807) is 18.9 Å². The SMILES string of the molecule is C[C@@H]1NC(=O)COc2cc(O)cc(c2)C(=O)NCCCN(C(=O)[C@H]2CCCN2)CCCCN(C)C1=O.Cl. The Balaban J connectivity index is 0.00000481. The number of hydrogen-bond donors (Lipinski definition) is 4. The van der Waals surface area contributed by atoms with Gasteiger partial charge in [-0.25, -0.2) is 0 Å². The van der Waals surface area contributed by atoms with Gasteiger partial charge in [0.2, 0.25) is 11.8 Å². The molecule has 0 aromatic heterocycles. The maximum atomic E-state index is 13.0. The van der Waals surface area contributed by atoms with Crippen LogP contribution in [0.3, 0.4) is 0 Å². The summed E-state index contributed by atoms with van der Waals surface area (Å²) in [5, 5.41) is 18.7. The van der Waals surface area contributed by atoms with Gasteiger partial charge in [-0.2, -0.15) is 0 Å². The van der Waals surface area contributed by atoms with Gasteiger partial charge in [0.15, 0.2) is 6.61 Å². The van der Waals surface area contributed by atoms with Crippen LogP contribution in [0.25, 0.3) is 0 Å². The van der Waals surface area contributed by atoms with E-state index in [4.69, 9.17) is 4.74 Å². The normalized spacial score (nSPS) is 22.8. The minimum absolute atomic E-state index is 0. The number of carbonyl (C=O) groups excluding carboxylic acids is 4. The van der Waals surface area contributed by atoms with Crippen molar-refractivity contribution in [2.45, 2.75) is 51.1 Å². The first-order valence-corrected chi connectivity index (χ1v) is 12.6. The quantitative estimate of drug-likeness (QED) is 0.411. The van der Waals surface area contributed by atoms with Gasteiger partial charge in [-0.05, 0) is 57.7 Å². The molecular formula is C25H38ClN5O6. The monoisotopic (exact) mass is 539 g/mol. The highest BCUT2D eigenvalue weighted by molar-refractivity contribution is 5.95. The molecule has 1 aromatic carbocycles. The van der Waals surface area contributed by atoms with Gasteiger partial charge in [-0.3, -0.25) is 19.2 Å². The minimum Gasteiger partial charge on any atom is -0.508 e. The van der Waals surface area contributed by atoms with Crippen LogP contribution in [0.4, 0.5) is 0 Å². The molecule has 11 nitrogen and oxygen atoms in total. The lowest BCUT2D eigenvalue weighted by Crippen LogP contribution is -2.47. The van der Waals surface area contributed by atoms with E-state index in [1.165, 1.54) is 18.2 Å². The van der Waals surface area contributed by atoms with Crippen molar-refractivity contribution in [3.63, 3.8) is 0 Å². The predicted molar refractivity (Wildman–Crippen MR) is 140 cm³/mol. The molecule has 206 valence electrons. The minimum atomic E-state index is -0.742. The lowest BCUT2D eigenvalue weighted by molar-refractivity contribution is -0.135. The van der Waals surface area contributed by atoms with Crippen molar-refractivity contribution in [3.05, 3.63) is 23.8 Å². The molecule has 0 aliphatic carbocycles. The van der Waals surface area contributed by atoms with Gasteiger partial charge < -0.3 is 35.6 Å². The topological polar surface area (TPSA) is 140 Å². The Bertz CT molecular complexity index is 955. The van der Waals surface area contributed by atoms with Crippen molar-refractivity contribution in [1.82, 2.24) is 25.8 Å². The van der Waals surface area contributed by atoms with E-state index in [1.807, 2.05) is 4.90 Å². The van der Waals surface area contributed by atoms with E-state index in [0.717, 1.165) is 25.8 Å². The van der Waals surface area contributed by atoms with Crippen molar-refractivity contribution in [3.8, 4) is 11.5 Å². The van der Waals surface area contributed by atoms with E-state index in [-0.39, 0.29) is 53.9 Å². The van der Waals surface area contributed by atoms with Gasteiger partial charge in [0.25, 0.3) is 11.8 Å². The molecule has 12 heteroatoms. The number of fused-ring (bicyclic) bond motifs is 2. The number of rotatable bonds is 1. The average molecular weight is 540 g/mol. The van der Waals surface area contributed by atoms with Crippen LogP contribution in [0.15, 0.2) is 18.2 Å². The third-order valence-corrected chi connectivity index (χ3v) is 6.38. The first-order valence-electron chi connectivity index (χ1n) is 12.6. The van der Waals surface area contributed by atoms with Crippen molar-refractivity contribution in [2.24, 2.45) is 0 Å². The Morgan fingerprint density at radius 3 is 2.49 bits per heavy atom. The number of benzene rings is 1. The highest BCUT2D eigenvalue weighted by Gasteiger charge is 2.27. The number of likely N-dealkylation sites (N-methyl/N-ethyl adjacent to an activating group) is 1. The fourth-order valence-electron chi connectivity index (χ4n) is 4.41. The molecule has 2 bridgehead atoms. The average Bonchev–Trinajstić information content (AvgIpc) is 3.39. The molecule has 0 radical (unpaired) electrons. The van der Waals surface area contributed by atoms with E-state index in [2.05, 4.69) is 16.0 Å². The van der Waals surface area contributed by atoms with Crippen LogP contribution in [0.5, 0.6) is 11.5 Å². The first kappa shape index (κ1) is 30.2. The van der Waals surface area contributed by atoms with Crippen LogP contribution < -0.4 is 20.7 Å². The summed E-state index contributed by atoms with van der Waals surface area (Å²) in [7, 11) is 1.69. The van der Waals surface area contributed by atoms with E-state index in [9.17, 15) is 24.3 Å². The molecule has 3 rings (SSSR count). The van der Waals surface area contributed by atoms with Crippen LogP contribution in [-0.2, 0) is 14.4 Å². The molecule has 1 fully saturated rings. The second-order valence-electron chi connectivity index (χ2n) is 9.34. The molecule has 4 amide bonds. The van der Waals surface area contributed by atoms with Crippen LogP contribution in [0.1, 0.15) is 49.4 Å². The van der Waals surface area contributed by atoms with Crippen molar-refractivity contribution < 1.29 is 29.0 Å². The summed E-state index contributed by atoms with van der Waals surface area (Å²) in [6.45, 7) is 3.99. The third kappa shape index (κ3) is 9.08. The molecule has 1 saturated heterocycles. The predicted octanol–water partition coefficient (Wildman–Crippen LogP) is 0.650. The van der Waals surface area contributed by atoms with Crippen LogP contribution in [-0.4, -0.2) is 97.0 Å². The largest absolute Gasteiger partial charge is 0.508 e. The molecule has 2 heterocycles. The summed E-state index contributed by atoms with van der Waals surface area (Å²) in [5.74, 6) is -1.07. The number of carbonyl (C=O) groups is 4. The smallest absolute Gasteiger partial charge is 0.258 e. The highest BCUT2D eigenvalue weighted by atomic mass is 35.5. The number of nitrogens with zero attached hydrogens (tertiary/aromatic N) is 2. The fourth-order valence-corrected chi connectivity index (χ4v) is 4.41. The molecular weight excluding hydrogens is 502 g/mol. The molecule has 4 N–H and O–H groups in total. The zero-order chi connectivity index (χ0) is 26.1. The van der Waals surface area contributed by atoms with E-state index >= 15 is 0 Å². The Morgan fingerprint density at radius 2 is 1.76 bits per heavy atom. The standard InChI is InChI=1S/C25H37N5O6.ClH/c1-17-24(34)29(2)10-3-4-11-30(25(35)21-7-5-8-26-21)12-6-9-27-23(33)18-13-19(31)15-20(14-18)36-16-22(32)28-17;/h13-15,17,21,26,31H,3-12,16H2,1-2H3,(H,27,33)(H,28,32);1H/t17-,21+;/m0./s1. The Labute approximate surface area is 223 Å². The lowest BCUT2D eigenvalue weighted by Gasteiger charge is -2.27. The summed E-state index contributed by atoms with van der Waals surface area (Å²) in [6, 6.07) is 3.13. The summed E-state index contributed by atoms with van der Waals surface area (Å²) >= 11 is 0. The van der Waals surface area contributed by atoms with E-state index in [0.29, 0.717) is 39.0 Å². The van der Waals surface area contributed by atoms with Gasteiger partial charge >= 0.3 is 0 Å². The van der Waals surface area contributed by atoms with Crippen LogP contribution >= 0.6 is 12.4 Å². The number of phenols is 1. The van der Waals surface area contributed by atoms with Gasteiger partial charge in [0, 0.05) is 44.9 Å². The van der Waals surface area contributed by atoms with Gasteiger partial charge in [-0.1, -0.05) is 0 Å². The molecule has 0 saturated carbocycles. The number of nitrogens with one attached hydrogen (secondary N) is 3. The molecule has 2 atom stereocenters. The second kappa shape index (κ2) is 14.6. The Kier molecular flexibility index (Phi) is 11.9. The maximum absolute atomic E-state index is 13.0. The molecule has 2 aliphatic rings. The second-order valence-corrected chi connectivity index (χ2v) is 9.34. The number of halogens is 1. The summed E-state index contributed by atoms with van der Waals surface area (Å²) < 4.78 is 5.44. The molecule has 0 spiro atoms. The summed E-state index contributed by atoms with van der Waals surface area (Å²) in [4.78, 5) is 54.0. The van der Waals surface area contributed by atoms with E-state index < -0.39 is 17.9 Å². The number of amides is 4. The van der Waals surface area contributed by atoms with Gasteiger partial charge in [-0.15, -0.1) is 12.4 Å². The van der Waals surface area contributed by atoms with Gasteiger partial charge in [0.1, 0.15) is 17.5 Å². The lowest BCUT2D eigenvalue weighted by atomic mass is 10.1.